The molecule has 1 aromatic rings. The van der Waals surface area contributed by atoms with Crippen LogP contribution < -0.4 is 5.73 Å². The second-order valence-corrected chi connectivity index (χ2v) is 4.11. The van der Waals surface area contributed by atoms with E-state index < -0.39 is 17.8 Å². The van der Waals surface area contributed by atoms with Gasteiger partial charge in [0.1, 0.15) is 0 Å². The van der Waals surface area contributed by atoms with Crippen molar-refractivity contribution >= 4 is 11.6 Å². The molecule has 0 saturated carbocycles. The van der Waals surface area contributed by atoms with Crippen molar-refractivity contribution in [2.24, 2.45) is 5.73 Å². The van der Waals surface area contributed by atoms with E-state index in [0.29, 0.717) is 12.8 Å². The van der Waals surface area contributed by atoms with Gasteiger partial charge in [0.25, 0.3) is 0 Å². The Morgan fingerprint density at radius 1 is 1.35 bits per heavy atom. The third-order valence-corrected chi connectivity index (χ3v) is 2.74. The van der Waals surface area contributed by atoms with Crippen molar-refractivity contribution in [1.29, 1.82) is 0 Å². The summed E-state index contributed by atoms with van der Waals surface area (Å²) >= 11 is 5.81. The van der Waals surface area contributed by atoms with Crippen molar-refractivity contribution in [2.75, 3.05) is 6.61 Å². The molecule has 17 heavy (non-hydrogen) atoms. The molecule has 0 unspecified atom stereocenters. The van der Waals surface area contributed by atoms with Crippen molar-refractivity contribution in [2.45, 2.75) is 25.1 Å². The van der Waals surface area contributed by atoms with Crippen molar-refractivity contribution < 1.29 is 18.3 Å². The first-order valence-corrected chi connectivity index (χ1v) is 5.47. The summed E-state index contributed by atoms with van der Waals surface area (Å²) in [5, 5.41) is 8.86. The standard InChI is InChI=1S/C11H13ClF3NO/c12-9-4-3-7(11(13,14)15)6-8(9)10(16)2-1-5-17/h3-4,6,10,17H,1-2,5,16H2/t10-/m0/s1. The fourth-order valence-corrected chi connectivity index (χ4v) is 1.73. The predicted octanol–water partition coefficient (Wildman–Crippen LogP) is 3.13. The highest BCUT2D eigenvalue weighted by atomic mass is 35.5. The molecule has 0 spiro atoms. The Balaban J connectivity index is 2.98. The second-order valence-electron chi connectivity index (χ2n) is 3.71. The van der Waals surface area contributed by atoms with Gasteiger partial charge in [-0.3, -0.25) is 0 Å². The Hall–Kier alpha value is -0.780. The Bertz CT molecular complexity index is 381. The average molecular weight is 268 g/mol. The monoisotopic (exact) mass is 267 g/mol. The number of benzene rings is 1. The number of aliphatic hydroxyl groups is 1. The van der Waals surface area contributed by atoms with Crippen LogP contribution in [0.3, 0.4) is 0 Å². The molecular formula is C11H13ClF3NO. The van der Waals surface area contributed by atoms with Crippen LogP contribution in [0.2, 0.25) is 5.02 Å². The van der Waals surface area contributed by atoms with Crippen LogP contribution in [-0.4, -0.2) is 11.7 Å². The summed E-state index contributed by atoms with van der Waals surface area (Å²) in [6.07, 6.45) is -3.60. The number of hydrogen-bond acceptors (Lipinski definition) is 2. The number of alkyl halides is 3. The lowest BCUT2D eigenvalue weighted by atomic mass is 10.0. The van der Waals surface area contributed by atoms with Crippen LogP contribution in [0.4, 0.5) is 13.2 Å². The molecule has 0 radical (unpaired) electrons. The van der Waals surface area contributed by atoms with Gasteiger partial charge in [-0.15, -0.1) is 0 Å². The zero-order chi connectivity index (χ0) is 13.1. The van der Waals surface area contributed by atoms with Gasteiger partial charge in [-0.2, -0.15) is 13.2 Å². The van der Waals surface area contributed by atoms with Gasteiger partial charge in [0, 0.05) is 17.7 Å². The van der Waals surface area contributed by atoms with Crippen LogP contribution in [0.5, 0.6) is 0 Å². The zero-order valence-corrected chi connectivity index (χ0v) is 9.72. The molecule has 0 aromatic heterocycles. The van der Waals surface area contributed by atoms with Gasteiger partial charge in [-0.1, -0.05) is 11.6 Å². The van der Waals surface area contributed by atoms with E-state index in [9.17, 15) is 13.2 Å². The largest absolute Gasteiger partial charge is 0.416 e. The molecule has 1 atom stereocenters. The molecule has 3 N–H and O–H groups in total. The van der Waals surface area contributed by atoms with Crippen LogP contribution in [0.15, 0.2) is 18.2 Å². The lowest BCUT2D eigenvalue weighted by molar-refractivity contribution is -0.137. The summed E-state index contributed by atoms with van der Waals surface area (Å²) < 4.78 is 37.5. The number of nitrogens with two attached hydrogens (primary N) is 1. The molecule has 1 rings (SSSR count). The van der Waals surface area contributed by atoms with Crippen LogP contribution >= 0.6 is 11.6 Å². The maximum Gasteiger partial charge on any atom is 0.416 e. The van der Waals surface area contributed by atoms with Gasteiger partial charge < -0.3 is 10.8 Å². The van der Waals surface area contributed by atoms with Crippen molar-refractivity contribution in [3.8, 4) is 0 Å². The van der Waals surface area contributed by atoms with E-state index in [4.69, 9.17) is 22.4 Å². The highest BCUT2D eigenvalue weighted by Gasteiger charge is 2.31. The topological polar surface area (TPSA) is 46.2 Å². The SMILES string of the molecule is N[C@@H](CCCO)c1cc(C(F)(F)F)ccc1Cl. The first kappa shape index (κ1) is 14.3. The molecule has 6 heteroatoms. The van der Waals surface area contributed by atoms with Gasteiger partial charge in [-0.25, -0.2) is 0 Å². The van der Waals surface area contributed by atoms with Crippen LogP contribution in [0, 0.1) is 0 Å². The van der Waals surface area contributed by atoms with E-state index in [1.807, 2.05) is 0 Å². The average Bonchev–Trinajstić information content (AvgIpc) is 2.24. The molecular weight excluding hydrogens is 255 g/mol. The Labute approximate surface area is 102 Å². The zero-order valence-electron chi connectivity index (χ0n) is 8.97. The number of aliphatic hydroxyl groups excluding tert-OH is 1. The number of halogens is 4. The molecule has 0 heterocycles. The molecule has 0 aliphatic heterocycles. The summed E-state index contributed by atoms with van der Waals surface area (Å²) in [6.45, 7) is -0.0513. The molecule has 0 amide bonds. The van der Waals surface area contributed by atoms with Gasteiger partial charge in [0.2, 0.25) is 0 Å². The Morgan fingerprint density at radius 2 is 2.00 bits per heavy atom. The first-order valence-electron chi connectivity index (χ1n) is 5.09. The maximum atomic E-state index is 12.5. The van der Waals surface area contributed by atoms with Crippen LogP contribution in [-0.2, 0) is 6.18 Å². The minimum atomic E-state index is -4.41. The molecule has 0 saturated heterocycles. The van der Waals surface area contributed by atoms with E-state index in [-0.39, 0.29) is 17.2 Å². The van der Waals surface area contributed by atoms with Crippen LogP contribution in [0.1, 0.15) is 30.0 Å². The second kappa shape index (κ2) is 5.71. The lowest BCUT2D eigenvalue weighted by Crippen LogP contribution is -2.13. The van der Waals surface area contributed by atoms with Gasteiger partial charge in [0.05, 0.1) is 5.56 Å². The summed E-state index contributed by atoms with van der Waals surface area (Å²) in [4.78, 5) is 0. The summed E-state index contributed by atoms with van der Waals surface area (Å²) in [7, 11) is 0. The fourth-order valence-electron chi connectivity index (χ4n) is 1.47. The highest BCUT2D eigenvalue weighted by molar-refractivity contribution is 6.31. The molecule has 0 bridgehead atoms. The van der Waals surface area contributed by atoms with E-state index in [1.54, 1.807) is 0 Å². The summed E-state index contributed by atoms with van der Waals surface area (Å²) in [6, 6.07) is 2.48. The Kier molecular flexibility index (Phi) is 4.80. The lowest BCUT2D eigenvalue weighted by Gasteiger charge is -2.15. The van der Waals surface area contributed by atoms with Gasteiger partial charge in [0.15, 0.2) is 0 Å². The highest BCUT2D eigenvalue weighted by Crippen LogP contribution is 2.34. The third-order valence-electron chi connectivity index (χ3n) is 2.40. The predicted molar refractivity (Wildman–Crippen MR) is 59.7 cm³/mol. The van der Waals surface area contributed by atoms with E-state index in [2.05, 4.69) is 0 Å². The quantitative estimate of drug-likeness (QED) is 0.880. The normalized spacial score (nSPS) is 13.8. The smallest absolute Gasteiger partial charge is 0.396 e. The molecule has 0 aliphatic rings. The van der Waals surface area contributed by atoms with E-state index in [1.165, 1.54) is 6.07 Å². The molecule has 2 nitrogen and oxygen atoms in total. The molecule has 0 aliphatic carbocycles. The minimum Gasteiger partial charge on any atom is -0.396 e. The molecule has 0 fully saturated rings. The van der Waals surface area contributed by atoms with E-state index in [0.717, 1.165) is 12.1 Å². The summed E-state index contributed by atoms with van der Waals surface area (Å²) in [5.74, 6) is 0. The molecule has 1 aromatic carbocycles. The van der Waals surface area contributed by atoms with E-state index >= 15 is 0 Å². The van der Waals surface area contributed by atoms with Crippen molar-refractivity contribution in [1.82, 2.24) is 0 Å². The number of rotatable bonds is 4. The first-order chi connectivity index (χ1) is 7.86. The van der Waals surface area contributed by atoms with Gasteiger partial charge in [-0.05, 0) is 36.6 Å². The van der Waals surface area contributed by atoms with Gasteiger partial charge >= 0.3 is 6.18 Å². The minimum absolute atomic E-state index is 0.0513. The Morgan fingerprint density at radius 3 is 2.53 bits per heavy atom. The van der Waals surface area contributed by atoms with Crippen molar-refractivity contribution in [3.05, 3.63) is 34.3 Å². The third kappa shape index (κ3) is 3.87. The summed E-state index contributed by atoms with van der Waals surface area (Å²) in [5.41, 5.74) is 5.22. The van der Waals surface area contributed by atoms with Crippen molar-refractivity contribution in [3.63, 3.8) is 0 Å². The number of hydrogen-bond donors (Lipinski definition) is 2. The maximum absolute atomic E-state index is 12.5. The van der Waals surface area contributed by atoms with Crippen LogP contribution in [0.25, 0.3) is 0 Å². The molecule has 96 valence electrons. The fraction of sp³-hybridized carbons (Fsp3) is 0.455.